The first-order chi connectivity index (χ1) is 9.25. The number of fused-ring (bicyclic) bond motifs is 1. The Labute approximate surface area is 122 Å². The van der Waals surface area contributed by atoms with Crippen LogP contribution in [-0.2, 0) is 0 Å². The maximum Gasteiger partial charge on any atom is 0.0813 e. The zero-order valence-corrected chi connectivity index (χ0v) is 12.2. The van der Waals surface area contributed by atoms with Crippen molar-refractivity contribution in [2.45, 2.75) is 4.90 Å². The van der Waals surface area contributed by atoms with Crippen LogP contribution in [0.3, 0.4) is 0 Å². The van der Waals surface area contributed by atoms with Gasteiger partial charge in [0.25, 0.3) is 0 Å². The lowest BCUT2D eigenvalue weighted by atomic mass is 10.1. The molecule has 94 valence electrons. The van der Waals surface area contributed by atoms with Gasteiger partial charge in [0.1, 0.15) is 0 Å². The Morgan fingerprint density at radius 3 is 2.47 bits per heavy atom. The topological polar surface area (TPSA) is 3.24 Å². The van der Waals surface area contributed by atoms with Gasteiger partial charge in [-0.1, -0.05) is 66.4 Å². The van der Waals surface area contributed by atoms with Gasteiger partial charge in [0.15, 0.2) is 0 Å². The van der Waals surface area contributed by atoms with Crippen LogP contribution in [0.25, 0.3) is 0 Å². The molecule has 0 N–H and O–H groups in total. The highest BCUT2D eigenvalue weighted by atomic mass is 32.2. The van der Waals surface area contributed by atoms with Crippen LogP contribution >= 0.6 is 24.0 Å². The number of hydrogen-bond acceptors (Lipinski definition) is 3. The highest BCUT2D eigenvalue weighted by molar-refractivity contribution is 8.03. The van der Waals surface area contributed by atoms with Crippen LogP contribution in [0.4, 0.5) is 5.69 Å². The third-order valence-corrected chi connectivity index (χ3v) is 4.60. The average Bonchev–Trinajstić information content (AvgIpc) is 2.77. The zero-order valence-electron chi connectivity index (χ0n) is 10.5. The number of rotatable bonds is 2. The summed E-state index contributed by atoms with van der Waals surface area (Å²) in [5.74, 6) is 0. The summed E-state index contributed by atoms with van der Waals surface area (Å²) in [7, 11) is 2.08. The summed E-state index contributed by atoms with van der Waals surface area (Å²) in [6.07, 6.45) is 2.08. The third kappa shape index (κ3) is 2.44. The normalized spacial score (nSPS) is 15.6. The molecule has 0 bridgehead atoms. The second-order valence-corrected chi connectivity index (χ2v) is 5.84. The fourth-order valence-electron chi connectivity index (χ4n) is 2.04. The molecular formula is C16H13NS2. The van der Waals surface area contributed by atoms with E-state index in [4.69, 9.17) is 12.2 Å². The Morgan fingerprint density at radius 2 is 1.74 bits per heavy atom. The van der Waals surface area contributed by atoms with Gasteiger partial charge >= 0.3 is 0 Å². The minimum absolute atomic E-state index is 0.878. The molecule has 0 fully saturated rings. The smallest absolute Gasteiger partial charge is 0.0813 e. The fraction of sp³-hybridized carbons (Fsp3) is 0.0625. The van der Waals surface area contributed by atoms with E-state index < -0.39 is 0 Å². The van der Waals surface area contributed by atoms with Crippen molar-refractivity contribution in [3.63, 3.8) is 0 Å². The summed E-state index contributed by atoms with van der Waals surface area (Å²) in [6, 6.07) is 18.5. The molecule has 1 aliphatic rings. The lowest BCUT2D eigenvalue weighted by molar-refractivity contribution is 1.18. The monoisotopic (exact) mass is 283 g/mol. The first-order valence-electron chi connectivity index (χ1n) is 6.07. The molecule has 0 amide bonds. The Balaban J connectivity index is 1.89. The molecule has 0 unspecified atom stereocenters. The van der Waals surface area contributed by atoms with Crippen molar-refractivity contribution in [2.75, 3.05) is 11.9 Å². The maximum absolute atomic E-state index is 5.50. The summed E-state index contributed by atoms with van der Waals surface area (Å²) in [5, 5.41) is 1.18. The molecule has 2 aromatic carbocycles. The minimum atomic E-state index is 0.878. The molecular weight excluding hydrogens is 270 g/mol. The average molecular weight is 283 g/mol. The molecule has 3 heteroatoms. The number of anilines is 1. The molecule has 3 rings (SSSR count). The van der Waals surface area contributed by atoms with Crippen LogP contribution in [0, 0.1) is 0 Å². The van der Waals surface area contributed by atoms with Crippen molar-refractivity contribution in [1.82, 2.24) is 0 Å². The van der Waals surface area contributed by atoms with Gasteiger partial charge in [-0.3, -0.25) is 0 Å². The van der Waals surface area contributed by atoms with Gasteiger partial charge in [0.05, 0.1) is 10.7 Å². The molecule has 1 heterocycles. The van der Waals surface area contributed by atoms with E-state index in [0.717, 1.165) is 10.4 Å². The fourth-order valence-corrected chi connectivity index (χ4v) is 3.46. The predicted molar refractivity (Wildman–Crippen MR) is 86.9 cm³/mol. The van der Waals surface area contributed by atoms with Crippen molar-refractivity contribution >= 4 is 34.5 Å². The molecule has 0 saturated heterocycles. The van der Waals surface area contributed by atoms with E-state index in [9.17, 15) is 0 Å². The van der Waals surface area contributed by atoms with Gasteiger partial charge in [-0.25, -0.2) is 0 Å². The summed E-state index contributed by atoms with van der Waals surface area (Å²) >= 11 is 7.27. The first-order valence-corrected chi connectivity index (χ1v) is 7.30. The van der Waals surface area contributed by atoms with Crippen molar-refractivity contribution in [1.29, 1.82) is 0 Å². The van der Waals surface area contributed by atoms with E-state index in [0.29, 0.717) is 0 Å². The Bertz CT molecular complexity index is 647. The summed E-state index contributed by atoms with van der Waals surface area (Å²) in [5.41, 5.74) is 2.34. The van der Waals surface area contributed by atoms with Gasteiger partial charge in [-0.2, -0.15) is 0 Å². The van der Waals surface area contributed by atoms with Gasteiger partial charge in [-0.05, 0) is 23.8 Å². The maximum atomic E-state index is 5.50. The summed E-state index contributed by atoms with van der Waals surface area (Å²) < 4.78 is 0. The second kappa shape index (κ2) is 5.19. The molecule has 1 aliphatic heterocycles. The van der Waals surface area contributed by atoms with Crippen LogP contribution in [0.5, 0.6) is 0 Å². The van der Waals surface area contributed by atoms with E-state index in [1.807, 2.05) is 30.3 Å². The molecule has 0 aromatic heterocycles. The Morgan fingerprint density at radius 1 is 1.05 bits per heavy atom. The largest absolute Gasteiger partial charge is 0.338 e. The van der Waals surface area contributed by atoms with Crippen LogP contribution < -0.4 is 4.90 Å². The van der Waals surface area contributed by atoms with Gasteiger partial charge < -0.3 is 4.90 Å². The van der Waals surface area contributed by atoms with Crippen LogP contribution in [0.1, 0.15) is 5.56 Å². The number of thiocarbonyl (C=S) groups is 1. The lowest BCUT2D eigenvalue weighted by Crippen LogP contribution is -2.10. The van der Waals surface area contributed by atoms with Gasteiger partial charge in [0.2, 0.25) is 0 Å². The molecule has 1 nitrogen and oxygen atoms in total. The highest BCUT2D eigenvalue weighted by Crippen LogP contribution is 2.44. The lowest BCUT2D eigenvalue weighted by Gasteiger charge is -2.13. The predicted octanol–water partition coefficient (Wildman–Crippen LogP) is 4.49. The highest BCUT2D eigenvalue weighted by Gasteiger charge is 2.21. The molecule has 0 radical (unpaired) electrons. The molecule has 0 saturated carbocycles. The standard InChI is InChI=1S/C16H13NS2/c1-17-13-9-5-6-10-15(13)19-16(17)11-14(18)12-7-3-2-4-8-12/h2-11H,1H3. The minimum Gasteiger partial charge on any atom is -0.338 e. The van der Waals surface area contributed by atoms with Crippen molar-refractivity contribution in [3.8, 4) is 0 Å². The first kappa shape index (κ1) is 12.5. The van der Waals surface area contributed by atoms with E-state index in [1.165, 1.54) is 15.6 Å². The SMILES string of the molecule is CN1C(=CC(=S)c2ccccc2)Sc2ccccc21. The van der Waals surface area contributed by atoms with Gasteiger partial charge in [-0.15, -0.1) is 0 Å². The summed E-state index contributed by atoms with van der Waals surface area (Å²) in [6.45, 7) is 0. The number of para-hydroxylation sites is 1. The number of benzene rings is 2. The number of thioether (sulfide) groups is 1. The van der Waals surface area contributed by atoms with E-state index >= 15 is 0 Å². The van der Waals surface area contributed by atoms with Crippen molar-refractivity contribution < 1.29 is 0 Å². The molecule has 0 aliphatic carbocycles. The van der Waals surface area contributed by atoms with E-state index in [1.54, 1.807) is 11.8 Å². The quantitative estimate of drug-likeness (QED) is 0.454. The van der Waals surface area contributed by atoms with E-state index in [-0.39, 0.29) is 0 Å². The molecule has 19 heavy (non-hydrogen) atoms. The van der Waals surface area contributed by atoms with E-state index in [2.05, 4.69) is 42.3 Å². The van der Waals surface area contributed by atoms with Gasteiger partial charge in [0, 0.05) is 16.8 Å². The second-order valence-electron chi connectivity index (χ2n) is 4.34. The number of nitrogens with zero attached hydrogens (tertiary/aromatic N) is 1. The van der Waals surface area contributed by atoms with Crippen molar-refractivity contribution in [3.05, 3.63) is 71.3 Å². The number of allylic oxidation sites excluding steroid dienone is 1. The number of hydrogen-bond donors (Lipinski definition) is 0. The summed E-state index contributed by atoms with van der Waals surface area (Å²) in [4.78, 5) is 4.35. The molecule has 0 atom stereocenters. The third-order valence-electron chi connectivity index (χ3n) is 3.08. The zero-order chi connectivity index (χ0) is 13.2. The van der Waals surface area contributed by atoms with Crippen LogP contribution in [0.2, 0.25) is 0 Å². The van der Waals surface area contributed by atoms with Crippen molar-refractivity contribution in [2.24, 2.45) is 0 Å². The molecule has 0 spiro atoms. The van der Waals surface area contributed by atoms with Crippen LogP contribution in [-0.4, -0.2) is 11.9 Å². The van der Waals surface area contributed by atoms with Crippen LogP contribution in [0.15, 0.2) is 70.6 Å². The molecule has 2 aromatic rings. The Hall–Kier alpha value is -1.58. The Kier molecular flexibility index (Phi) is 3.40.